The quantitative estimate of drug-likeness (QED) is 0.915. The monoisotopic (exact) mass is 343 g/mol. The largest absolute Gasteiger partial charge is 0.467 e. The number of likely N-dealkylation sites (tertiary alicyclic amines) is 1. The first-order valence-electron chi connectivity index (χ1n) is 8.03. The number of carbonyl (C=O) groups excluding carboxylic acids is 1. The van der Waals surface area contributed by atoms with Crippen molar-refractivity contribution in [2.45, 2.75) is 25.4 Å². The Morgan fingerprint density at radius 3 is 2.71 bits per heavy atom. The maximum absolute atomic E-state index is 12.7. The number of ether oxygens (including phenoxy) is 1. The Morgan fingerprint density at radius 1 is 1.33 bits per heavy atom. The highest BCUT2D eigenvalue weighted by molar-refractivity contribution is 5.96. The number of nitrogens with zero attached hydrogens (tertiary/aromatic N) is 2. The molecule has 2 fully saturated rings. The van der Waals surface area contributed by atoms with Crippen LogP contribution in [0.4, 0.5) is 13.2 Å². The predicted octanol–water partition coefficient (Wildman–Crippen LogP) is 2.24. The van der Waals surface area contributed by atoms with Crippen molar-refractivity contribution in [3.63, 3.8) is 0 Å². The molecule has 5 nitrogen and oxygen atoms in total. The van der Waals surface area contributed by atoms with Crippen molar-refractivity contribution in [1.82, 2.24) is 15.2 Å². The number of pyridine rings is 1. The molecule has 2 aliphatic heterocycles. The molecule has 0 saturated carbocycles. The maximum Gasteiger partial charge on any atom is 0.422 e. The summed E-state index contributed by atoms with van der Waals surface area (Å²) in [6, 6.07) is 2.99. The number of amides is 1. The van der Waals surface area contributed by atoms with Crippen LogP contribution < -0.4 is 10.1 Å². The molecule has 0 atom stereocenters. The van der Waals surface area contributed by atoms with Crippen molar-refractivity contribution in [1.29, 1.82) is 0 Å². The van der Waals surface area contributed by atoms with Crippen LogP contribution in [0, 0.1) is 5.41 Å². The van der Waals surface area contributed by atoms with Gasteiger partial charge in [0.25, 0.3) is 5.91 Å². The van der Waals surface area contributed by atoms with E-state index >= 15 is 0 Å². The standard InChI is InChI=1S/C16H20F3N3O2/c17-16(18,19)11-24-13-12(2-1-6-21-13)14(23)22-8-4-15(5-9-22)3-7-20-10-15/h1-2,6,20H,3-5,7-11H2. The Balaban J connectivity index is 1.67. The van der Waals surface area contributed by atoms with Gasteiger partial charge in [0.05, 0.1) is 0 Å². The second kappa shape index (κ2) is 6.58. The van der Waals surface area contributed by atoms with Gasteiger partial charge in [-0.25, -0.2) is 4.98 Å². The molecule has 1 N–H and O–H groups in total. The van der Waals surface area contributed by atoms with E-state index in [1.807, 2.05) is 0 Å². The maximum atomic E-state index is 12.7. The van der Waals surface area contributed by atoms with Gasteiger partial charge in [-0.15, -0.1) is 0 Å². The average Bonchev–Trinajstić information content (AvgIpc) is 3.01. The Hall–Kier alpha value is -1.83. The van der Waals surface area contributed by atoms with Gasteiger partial charge < -0.3 is 15.0 Å². The molecule has 1 aromatic rings. The molecule has 8 heteroatoms. The summed E-state index contributed by atoms with van der Waals surface area (Å²) in [6.45, 7) is 1.73. The molecule has 0 aromatic carbocycles. The van der Waals surface area contributed by atoms with E-state index < -0.39 is 12.8 Å². The first kappa shape index (κ1) is 17.0. The van der Waals surface area contributed by atoms with Crippen LogP contribution in [0.25, 0.3) is 0 Å². The number of nitrogens with one attached hydrogen (secondary N) is 1. The van der Waals surface area contributed by atoms with Crippen molar-refractivity contribution < 1.29 is 22.7 Å². The third kappa shape index (κ3) is 3.80. The van der Waals surface area contributed by atoms with Gasteiger partial charge in [0.15, 0.2) is 6.61 Å². The van der Waals surface area contributed by atoms with Crippen LogP contribution in [0.3, 0.4) is 0 Å². The van der Waals surface area contributed by atoms with Crippen molar-refractivity contribution in [3.8, 4) is 5.88 Å². The van der Waals surface area contributed by atoms with E-state index in [9.17, 15) is 18.0 Å². The minimum atomic E-state index is -4.47. The number of piperidine rings is 1. The van der Waals surface area contributed by atoms with Crippen molar-refractivity contribution in [2.24, 2.45) is 5.41 Å². The zero-order valence-electron chi connectivity index (χ0n) is 13.2. The molecule has 0 unspecified atom stereocenters. The number of aromatic nitrogens is 1. The fourth-order valence-electron chi connectivity index (χ4n) is 3.40. The van der Waals surface area contributed by atoms with Crippen molar-refractivity contribution >= 4 is 5.91 Å². The Morgan fingerprint density at radius 2 is 2.08 bits per heavy atom. The van der Waals surface area contributed by atoms with Gasteiger partial charge in [-0.1, -0.05) is 0 Å². The van der Waals surface area contributed by atoms with Gasteiger partial charge in [0.2, 0.25) is 5.88 Å². The molecule has 132 valence electrons. The molecular weight excluding hydrogens is 323 g/mol. The molecule has 24 heavy (non-hydrogen) atoms. The lowest BCUT2D eigenvalue weighted by Gasteiger charge is -2.39. The summed E-state index contributed by atoms with van der Waals surface area (Å²) in [5.74, 6) is -0.580. The number of rotatable bonds is 3. The molecule has 0 aliphatic carbocycles. The summed E-state index contributed by atoms with van der Waals surface area (Å²) in [5, 5.41) is 3.36. The molecule has 1 aromatic heterocycles. The summed E-state index contributed by atoms with van der Waals surface area (Å²) >= 11 is 0. The topological polar surface area (TPSA) is 54.5 Å². The molecule has 3 heterocycles. The number of hydrogen-bond donors (Lipinski definition) is 1. The predicted molar refractivity (Wildman–Crippen MR) is 80.8 cm³/mol. The van der Waals surface area contributed by atoms with Crippen LogP contribution in [0.2, 0.25) is 0 Å². The Labute approximate surface area is 138 Å². The van der Waals surface area contributed by atoms with Crippen LogP contribution in [0.5, 0.6) is 5.88 Å². The van der Waals surface area contributed by atoms with E-state index in [1.54, 1.807) is 4.90 Å². The third-order valence-electron chi connectivity index (χ3n) is 4.82. The van der Waals surface area contributed by atoms with Gasteiger partial charge in [0.1, 0.15) is 5.56 Å². The highest BCUT2D eigenvalue weighted by Gasteiger charge is 2.38. The Kier molecular flexibility index (Phi) is 4.67. The second-order valence-corrected chi connectivity index (χ2v) is 6.48. The van der Waals surface area contributed by atoms with Crippen LogP contribution in [-0.4, -0.2) is 54.8 Å². The average molecular weight is 343 g/mol. The zero-order chi connectivity index (χ0) is 17.2. The van der Waals surface area contributed by atoms with E-state index in [2.05, 4.69) is 10.3 Å². The molecule has 2 aliphatic rings. The number of alkyl halides is 3. The number of hydrogen-bond acceptors (Lipinski definition) is 4. The van der Waals surface area contributed by atoms with Crippen LogP contribution in [0.15, 0.2) is 18.3 Å². The minimum absolute atomic E-state index is 0.0854. The molecule has 1 spiro atoms. The highest BCUT2D eigenvalue weighted by atomic mass is 19.4. The van der Waals surface area contributed by atoms with E-state index in [-0.39, 0.29) is 22.8 Å². The van der Waals surface area contributed by atoms with Crippen LogP contribution in [-0.2, 0) is 0 Å². The van der Waals surface area contributed by atoms with E-state index in [4.69, 9.17) is 4.74 Å². The molecule has 3 rings (SSSR count). The lowest BCUT2D eigenvalue weighted by molar-refractivity contribution is -0.154. The lowest BCUT2D eigenvalue weighted by Crippen LogP contribution is -2.44. The third-order valence-corrected chi connectivity index (χ3v) is 4.82. The fourth-order valence-corrected chi connectivity index (χ4v) is 3.40. The van der Waals surface area contributed by atoms with E-state index in [0.29, 0.717) is 13.1 Å². The van der Waals surface area contributed by atoms with Gasteiger partial charge in [-0.2, -0.15) is 13.2 Å². The summed E-state index contributed by atoms with van der Waals surface area (Å²) in [6.07, 6.45) is -0.222. The van der Waals surface area contributed by atoms with Crippen molar-refractivity contribution in [2.75, 3.05) is 32.8 Å². The lowest BCUT2D eigenvalue weighted by atomic mass is 9.78. The summed E-state index contributed by atoms with van der Waals surface area (Å²) in [4.78, 5) is 18.1. The number of halogens is 3. The van der Waals surface area contributed by atoms with Gasteiger partial charge >= 0.3 is 6.18 Å². The summed E-state index contributed by atoms with van der Waals surface area (Å²) < 4.78 is 41.7. The molecule has 0 bridgehead atoms. The zero-order valence-corrected chi connectivity index (χ0v) is 13.2. The number of carbonyl (C=O) groups is 1. The van der Waals surface area contributed by atoms with E-state index in [0.717, 1.165) is 32.4 Å². The Bertz CT molecular complexity index is 590. The van der Waals surface area contributed by atoms with Crippen LogP contribution >= 0.6 is 0 Å². The SMILES string of the molecule is O=C(c1cccnc1OCC(F)(F)F)N1CCC2(CCNC2)CC1. The van der Waals surface area contributed by atoms with Crippen LogP contribution in [0.1, 0.15) is 29.6 Å². The smallest absolute Gasteiger partial charge is 0.422 e. The normalized spacial score (nSPS) is 20.4. The highest BCUT2D eigenvalue weighted by Crippen LogP contribution is 2.37. The molecular formula is C16H20F3N3O2. The first-order valence-corrected chi connectivity index (χ1v) is 8.03. The van der Waals surface area contributed by atoms with Gasteiger partial charge in [-0.05, 0) is 43.4 Å². The fraction of sp³-hybridized carbons (Fsp3) is 0.625. The van der Waals surface area contributed by atoms with Gasteiger partial charge in [0, 0.05) is 25.8 Å². The van der Waals surface area contributed by atoms with Crippen molar-refractivity contribution in [3.05, 3.63) is 23.9 Å². The van der Waals surface area contributed by atoms with Gasteiger partial charge in [-0.3, -0.25) is 4.79 Å². The summed E-state index contributed by atoms with van der Waals surface area (Å²) in [5.41, 5.74) is 0.351. The second-order valence-electron chi connectivity index (χ2n) is 6.48. The molecule has 1 amide bonds. The van der Waals surface area contributed by atoms with E-state index in [1.165, 1.54) is 18.3 Å². The first-order chi connectivity index (χ1) is 11.4. The minimum Gasteiger partial charge on any atom is -0.467 e. The summed E-state index contributed by atoms with van der Waals surface area (Å²) in [7, 11) is 0. The molecule has 0 radical (unpaired) electrons. The molecule has 2 saturated heterocycles.